The lowest BCUT2D eigenvalue weighted by Crippen LogP contribution is -2.24. The summed E-state index contributed by atoms with van der Waals surface area (Å²) in [5.41, 5.74) is 14.9. The summed E-state index contributed by atoms with van der Waals surface area (Å²) in [4.78, 5) is 13.9. The number of anilines is 1. The van der Waals surface area contributed by atoms with Crippen molar-refractivity contribution in [2.75, 3.05) is 5.73 Å². The standard InChI is InChI=1S/C32H33ClN6.C2HF3O2/c33-25-8-9-27-28(19-25)35-29-18-22-15-21(16-24(17-22)31(29)32(27)34)5-3-4-12-39-20-26(36-37-39)11-14-38-13-10-23-6-1-2-7-30(23)38;3-2(4,5)1(6)7/h1-2,6-10,13,15,19-20,22,24H,3-5,11-12,14,16-18H2,(H2,34,35);(H,6,7). The first-order valence-electron chi connectivity index (χ1n) is 15.3. The molecule has 46 heavy (non-hydrogen) atoms. The molecule has 0 radical (unpaired) electrons. The molecule has 2 unspecified atom stereocenters. The van der Waals surface area contributed by atoms with Gasteiger partial charge in [0.05, 0.1) is 11.2 Å². The Kier molecular flexibility index (Phi) is 9.04. The molecule has 2 aliphatic carbocycles. The molecule has 12 heteroatoms. The maximum atomic E-state index is 10.6. The normalized spacial score (nSPS) is 17.3. The molecule has 0 amide bonds. The number of aliphatic carboxylic acids is 1. The van der Waals surface area contributed by atoms with Crippen LogP contribution in [0.15, 0.2) is 72.6 Å². The average molecular weight is 651 g/mol. The highest BCUT2D eigenvalue weighted by atomic mass is 35.5. The molecule has 0 fully saturated rings. The number of benzene rings is 2. The number of para-hydroxylation sites is 1. The molecular weight excluding hydrogens is 617 g/mol. The van der Waals surface area contributed by atoms with Gasteiger partial charge < -0.3 is 15.4 Å². The summed E-state index contributed by atoms with van der Waals surface area (Å²) in [6.07, 6.45) is 9.25. The second kappa shape index (κ2) is 13.2. The number of nitrogens with two attached hydrogens (primary N) is 1. The lowest BCUT2D eigenvalue weighted by molar-refractivity contribution is -0.192. The van der Waals surface area contributed by atoms with E-state index >= 15 is 0 Å². The number of carbonyl (C=O) groups is 1. The van der Waals surface area contributed by atoms with Crippen molar-refractivity contribution in [2.24, 2.45) is 5.92 Å². The Morgan fingerprint density at radius 2 is 1.87 bits per heavy atom. The minimum absolute atomic E-state index is 0.474. The van der Waals surface area contributed by atoms with Crippen LogP contribution in [-0.4, -0.2) is 41.8 Å². The number of unbranched alkanes of at least 4 members (excludes halogenated alkanes) is 1. The molecule has 8 nitrogen and oxygen atoms in total. The zero-order valence-corrected chi connectivity index (χ0v) is 25.8. The van der Waals surface area contributed by atoms with E-state index in [-0.39, 0.29) is 0 Å². The maximum absolute atomic E-state index is 10.6. The third kappa shape index (κ3) is 7.04. The Bertz CT molecular complexity index is 1910. The number of halogens is 4. The number of pyridine rings is 1. The molecule has 0 aliphatic heterocycles. The number of nitrogens with zero attached hydrogens (tertiary/aromatic N) is 5. The van der Waals surface area contributed by atoms with E-state index in [1.165, 1.54) is 28.6 Å². The molecule has 2 aliphatic rings. The molecule has 7 rings (SSSR count). The lowest BCUT2D eigenvalue weighted by Gasteiger charge is -2.36. The fourth-order valence-electron chi connectivity index (χ4n) is 6.73. The van der Waals surface area contributed by atoms with Gasteiger partial charge in [-0.1, -0.05) is 46.7 Å². The zero-order chi connectivity index (χ0) is 32.4. The van der Waals surface area contributed by atoms with E-state index in [0.717, 1.165) is 73.9 Å². The van der Waals surface area contributed by atoms with E-state index in [9.17, 15) is 13.2 Å². The zero-order valence-electron chi connectivity index (χ0n) is 25.1. The third-order valence-corrected chi connectivity index (χ3v) is 9.03. The van der Waals surface area contributed by atoms with Gasteiger partial charge in [0.15, 0.2) is 0 Å². The van der Waals surface area contributed by atoms with Gasteiger partial charge in [-0.15, -0.1) is 5.10 Å². The number of nitrogen functional groups attached to an aromatic ring is 1. The van der Waals surface area contributed by atoms with Gasteiger partial charge in [0.25, 0.3) is 0 Å². The highest BCUT2D eigenvalue weighted by Crippen LogP contribution is 2.47. The molecule has 0 saturated heterocycles. The number of alkyl halides is 3. The summed E-state index contributed by atoms with van der Waals surface area (Å²) in [7, 11) is 0. The monoisotopic (exact) mass is 650 g/mol. The van der Waals surface area contributed by atoms with E-state index in [1.807, 2.05) is 22.9 Å². The highest BCUT2D eigenvalue weighted by Gasteiger charge is 2.38. The minimum Gasteiger partial charge on any atom is -0.475 e. The fraction of sp³-hybridized carbons (Fsp3) is 0.353. The van der Waals surface area contributed by atoms with Crippen molar-refractivity contribution in [1.82, 2.24) is 24.5 Å². The van der Waals surface area contributed by atoms with Gasteiger partial charge in [0.2, 0.25) is 0 Å². The summed E-state index contributed by atoms with van der Waals surface area (Å²) < 4.78 is 36.0. The van der Waals surface area contributed by atoms with Crippen LogP contribution < -0.4 is 5.73 Å². The Balaban J connectivity index is 0.000000480. The Morgan fingerprint density at radius 3 is 2.67 bits per heavy atom. The molecule has 2 atom stereocenters. The number of hydrogen-bond donors (Lipinski definition) is 2. The first-order chi connectivity index (χ1) is 22.0. The Labute approximate surface area is 268 Å². The largest absolute Gasteiger partial charge is 0.490 e. The molecule has 3 aromatic heterocycles. The quantitative estimate of drug-likeness (QED) is 0.131. The molecule has 3 heterocycles. The number of rotatable bonds is 8. The van der Waals surface area contributed by atoms with Crippen LogP contribution in [0.5, 0.6) is 0 Å². The van der Waals surface area contributed by atoms with Gasteiger partial charge in [0, 0.05) is 64.8 Å². The van der Waals surface area contributed by atoms with E-state index < -0.39 is 12.1 Å². The molecule has 0 saturated carbocycles. The summed E-state index contributed by atoms with van der Waals surface area (Å²) >= 11 is 6.22. The predicted molar refractivity (Wildman–Crippen MR) is 172 cm³/mol. The number of aromatic nitrogens is 5. The number of fused-ring (bicyclic) bond motifs is 6. The van der Waals surface area contributed by atoms with Crippen LogP contribution in [0.2, 0.25) is 5.02 Å². The number of hydrogen-bond acceptors (Lipinski definition) is 5. The smallest absolute Gasteiger partial charge is 0.475 e. The molecule has 2 bridgehead atoms. The Hall–Kier alpha value is -4.38. The fourth-order valence-corrected chi connectivity index (χ4v) is 6.90. The molecular formula is C34H34ClF3N6O2. The van der Waals surface area contributed by atoms with Crippen molar-refractivity contribution in [1.29, 1.82) is 0 Å². The highest BCUT2D eigenvalue weighted by molar-refractivity contribution is 6.31. The van der Waals surface area contributed by atoms with Crippen molar-refractivity contribution in [3.05, 3.63) is 94.5 Å². The summed E-state index contributed by atoms with van der Waals surface area (Å²) in [5.74, 6) is -1.72. The Morgan fingerprint density at radius 1 is 1.07 bits per heavy atom. The van der Waals surface area contributed by atoms with Gasteiger partial charge in [-0.05, 0) is 86.1 Å². The van der Waals surface area contributed by atoms with Crippen LogP contribution in [0.1, 0.15) is 55.0 Å². The van der Waals surface area contributed by atoms with Gasteiger partial charge >= 0.3 is 12.1 Å². The van der Waals surface area contributed by atoms with E-state index in [1.54, 1.807) is 5.57 Å². The summed E-state index contributed by atoms with van der Waals surface area (Å²) in [6, 6.07) is 16.5. The van der Waals surface area contributed by atoms with Gasteiger partial charge in [0.1, 0.15) is 0 Å². The first kappa shape index (κ1) is 31.6. The molecule has 5 aromatic rings. The molecule has 2 aromatic carbocycles. The molecule has 0 spiro atoms. The van der Waals surface area contributed by atoms with Crippen LogP contribution in [-0.2, 0) is 30.7 Å². The lowest BCUT2D eigenvalue weighted by atomic mass is 9.70. The molecule has 240 valence electrons. The van der Waals surface area contributed by atoms with E-state index in [0.29, 0.717) is 16.9 Å². The second-order valence-electron chi connectivity index (χ2n) is 12.0. The number of aryl methyl sites for hydroxylation is 3. The van der Waals surface area contributed by atoms with Gasteiger partial charge in [-0.2, -0.15) is 13.2 Å². The summed E-state index contributed by atoms with van der Waals surface area (Å²) in [5, 5.41) is 19.0. The first-order valence-corrected chi connectivity index (χ1v) is 15.7. The SMILES string of the molecule is Nc1c2c(nc3cc(Cl)ccc13)CC1C=C(CCCCn3cc(CCn4ccc5ccccc54)nn3)CC2C1.O=C(O)C(F)(F)F. The minimum atomic E-state index is -5.08. The number of allylic oxidation sites excluding steroid dienone is 2. The predicted octanol–water partition coefficient (Wildman–Crippen LogP) is 7.74. The second-order valence-corrected chi connectivity index (χ2v) is 12.5. The van der Waals surface area contributed by atoms with Crippen LogP contribution in [0.4, 0.5) is 18.9 Å². The van der Waals surface area contributed by atoms with Crippen molar-refractivity contribution in [3.8, 4) is 0 Å². The van der Waals surface area contributed by atoms with Crippen molar-refractivity contribution in [3.63, 3.8) is 0 Å². The third-order valence-electron chi connectivity index (χ3n) is 8.79. The van der Waals surface area contributed by atoms with Crippen LogP contribution in [0, 0.1) is 5.92 Å². The molecule has 3 N–H and O–H groups in total. The van der Waals surface area contributed by atoms with Crippen molar-refractivity contribution >= 4 is 45.1 Å². The average Bonchev–Trinajstić information content (AvgIpc) is 3.64. The van der Waals surface area contributed by atoms with Crippen LogP contribution in [0.25, 0.3) is 21.8 Å². The maximum Gasteiger partial charge on any atom is 0.490 e. The van der Waals surface area contributed by atoms with Gasteiger partial charge in [-0.25, -0.2) is 4.79 Å². The topological polar surface area (TPSA) is 112 Å². The number of carboxylic acid groups (broad SMARTS) is 1. The number of carboxylic acids is 1. The van der Waals surface area contributed by atoms with Crippen molar-refractivity contribution in [2.45, 2.75) is 70.1 Å². The van der Waals surface area contributed by atoms with E-state index in [4.69, 9.17) is 32.2 Å². The van der Waals surface area contributed by atoms with Gasteiger partial charge in [-0.3, -0.25) is 9.67 Å². The van der Waals surface area contributed by atoms with Crippen LogP contribution >= 0.6 is 11.6 Å². The van der Waals surface area contributed by atoms with Crippen molar-refractivity contribution < 1.29 is 23.1 Å². The summed E-state index contributed by atoms with van der Waals surface area (Å²) in [6.45, 7) is 1.82. The van der Waals surface area contributed by atoms with E-state index in [2.05, 4.69) is 63.7 Å². The van der Waals surface area contributed by atoms with Crippen LogP contribution in [0.3, 0.4) is 0 Å².